The average molecular weight is 432 g/mol. The van der Waals surface area contributed by atoms with Crippen molar-refractivity contribution < 1.29 is 9.53 Å². The Morgan fingerprint density at radius 1 is 1.23 bits per heavy atom. The molecule has 156 valence electrons. The van der Waals surface area contributed by atoms with Gasteiger partial charge in [0.1, 0.15) is 16.0 Å². The number of hydrogen-bond acceptors (Lipinski definition) is 6. The molecule has 4 heterocycles. The second kappa shape index (κ2) is 6.88. The maximum Gasteiger partial charge on any atom is 0.348 e. The number of aryl methyl sites for hydroxylation is 2. The quantitative estimate of drug-likeness (QED) is 0.398. The fraction of sp³-hybridized carbons (Fsp3) is 0.304. The van der Waals surface area contributed by atoms with Crippen LogP contribution in [-0.4, -0.2) is 37.2 Å². The fourth-order valence-corrected chi connectivity index (χ4v) is 5.90. The van der Waals surface area contributed by atoms with E-state index in [1.165, 1.54) is 53.4 Å². The van der Waals surface area contributed by atoms with Crippen molar-refractivity contribution >= 4 is 44.1 Å². The SMILES string of the molecule is COC(=O)c1sc2ncn3nc(Cn4c5c(c6ccccc64)CCCC5)nc3c2c1C. The molecule has 0 spiro atoms. The highest BCUT2D eigenvalue weighted by atomic mass is 32.1. The smallest absolute Gasteiger partial charge is 0.348 e. The van der Waals surface area contributed by atoms with Crippen LogP contribution in [0.2, 0.25) is 0 Å². The maximum atomic E-state index is 12.1. The van der Waals surface area contributed by atoms with E-state index in [0.29, 0.717) is 11.4 Å². The number of methoxy groups -OCH3 is 1. The first-order valence-electron chi connectivity index (χ1n) is 10.5. The van der Waals surface area contributed by atoms with Gasteiger partial charge in [0.15, 0.2) is 11.5 Å². The molecule has 1 aromatic carbocycles. The molecule has 31 heavy (non-hydrogen) atoms. The maximum absolute atomic E-state index is 12.1. The Kier molecular flexibility index (Phi) is 4.11. The highest BCUT2D eigenvalue weighted by Gasteiger charge is 2.23. The molecule has 1 aliphatic rings. The molecule has 0 radical (unpaired) electrons. The van der Waals surface area contributed by atoms with Crippen LogP contribution in [0.3, 0.4) is 0 Å². The summed E-state index contributed by atoms with van der Waals surface area (Å²) in [6, 6.07) is 8.63. The Balaban J connectivity index is 1.50. The topological polar surface area (TPSA) is 74.3 Å². The molecular weight excluding hydrogens is 410 g/mol. The summed E-state index contributed by atoms with van der Waals surface area (Å²) in [4.78, 5) is 22.8. The van der Waals surface area contributed by atoms with E-state index in [-0.39, 0.29) is 5.97 Å². The number of rotatable bonds is 3. The molecular formula is C23H21N5O2S. The molecule has 0 atom stereocenters. The van der Waals surface area contributed by atoms with Crippen LogP contribution in [0.15, 0.2) is 30.6 Å². The predicted molar refractivity (Wildman–Crippen MR) is 120 cm³/mol. The lowest BCUT2D eigenvalue weighted by Crippen LogP contribution is -2.10. The van der Waals surface area contributed by atoms with Crippen molar-refractivity contribution in [2.45, 2.75) is 39.2 Å². The van der Waals surface area contributed by atoms with Crippen molar-refractivity contribution in [3.8, 4) is 0 Å². The molecule has 0 unspecified atom stereocenters. The van der Waals surface area contributed by atoms with Gasteiger partial charge in [-0.2, -0.15) is 0 Å². The number of ether oxygens (including phenoxy) is 1. The molecule has 7 nitrogen and oxygen atoms in total. The number of para-hydroxylation sites is 1. The molecule has 6 rings (SSSR count). The Hall–Kier alpha value is -3.26. The molecule has 0 amide bonds. The van der Waals surface area contributed by atoms with Crippen LogP contribution < -0.4 is 0 Å². The Morgan fingerprint density at radius 2 is 2.06 bits per heavy atom. The van der Waals surface area contributed by atoms with E-state index < -0.39 is 0 Å². The molecule has 1 aliphatic carbocycles. The van der Waals surface area contributed by atoms with Gasteiger partial charge in [0.2, 0.25) is 0 Å². The third-order valence-electron chi connectivity index (χ3n) is 6.27. The third kappa shape index (κ3) is 2.71. The van der Waals surface area contributed by atoms with E-state index in [1.807, 2.05) is 6.92 Å². The van der Waals surface area contributed by atoms with Crippen LogP contribution in [0.1, 0.15) is 45.2 Å². The van der Waals surface area contributed by atoms with E-state index in [0.717, 1.165) is 40.1 Å². The first kappa shape index (κ1) is 18.5. The van der Waals surface area contributed by atoms with Crippen LogP contribution in [0.5, 0.6) is 0 Å². The number of hydrogen-bond donors (Lipinski definition) is 0. The normalized spacial score (nSPS) is 13.9. The van der Waals surface area contributed by atoms with E-state index in [4.69, 9.17) is 14.8 Å². The Bertz CT molecular complexity index is 1490. The number of esters is 1. The van der Waals surface area contributed by atoms with E-state index >= 15 is 0 Å². The lowest BCUT2D eigenvalue weighted by atomic mass is 9.96. The summed E-state index contributed by atoms with van der Waals surface area (Å²) in [6.07, 6.45) is 6.37. The van der Waals surface area contributed by atoms with Gasteiger partial charge >= 0.3 is 5.97 Å². The second-order valence-electron chi connectivity index (χ2n) is 8.00. The minimum Gasteiger partial charge on any atom is -0.465 e. The van der Waals surface area contributed by atoms with Gasteiger partial charge < -0.3 is 9.30 Å². The minimum absolute atomic E-state index is 0.344. The summed E-state index contributed by atoms with van der Waals surface area (Å²) in [5.74, 6) is 0.400. The van der Waals surface area contributed by atoms with Gasteiger partial charge in [-0.1, -0.05) is 18.2 Å². The largest absolute Gasteiger partial charge is 0.465 e. The Labute approximate surface area is 182 Å². The molecule has 0 saturated carbocycles. The monoisotopic (exact) mass is 431 g/mol. The molecule has 0 bridgehead atoms. The summed E-state index contributed by atoms with van der Waals surface area (Å²) in [5, 5.41) is 6.93. The molecule has 0 N–H and O–H groups in total. The van der Waals surface area contributed by atoms with Gasteiger partial charge in [0.25, 0.3) is 0 Å². The zero-order valence-electron chi connectivity index (χ0n) is 17.4. The van der Waals surface area contributed by atoms with Crippen LogP contribution >= 0.6 is 11.3 Å². The van der Waals surface area contributed by atoms with Gasteiger partial charge in [0, 0.05) is 16.6 Å². The van der Waals surface area contributed by atoms with Crippen LogP contribution in [0.4, 0.5) is 0 Å². The summed E-state index contributed by atoms with van der Waals surface area (Å²) in [5.41, 5.74) is 5.71. The highest BCUT2D eigenvalue weighted by Crippen LogP contribution is 2.34. The summed E-state index contributed by atoms with van der Waals surface area (Å²) >= 11 is 1.33. The molecule has 8 heteroatoms. The summed E-state index contributed by atoms with van der Waals surface area (Å²) < 4.78 is 9.02. The van der Waals surface area contributed by atoms with Gasteiger partial charge in [0.05, 0.1) is 19.0 Å². The number of benzene rings is 1. The van der Waals surface area contributed by atoms with Gasteiger partial charge in [-0.3, -0.25) is 0 Å². The minimum atomic E-state index is -0.344. The molecule has 4 aromatic heterocycles. The van der Waals surface area contributed by atoms with Crippen LogP contribution in [0.25, 0.3) is 26.8 Å². The standard InChI is InChI=1S/C23H21N5O2S/c1-13-19-21-25-18(26-28(21)12-24-22(19)31-20(13)23(29)30-2)11-27-16-9-5-3-7-14(16)15-8-4-6-10-17(15)27/h3,5,7,9,12H,4,6,8,10-11H2,1-2H3. The van der Waals surface area contributed by atoms with Crippen LogP contribution in [0, 0.1) is 6.92 Å². The Morgan fingerprint density at radius 3 is 2.94 bits per heavy atom. The van der Waals surface area contributed by atoms with Gasteiger partial charge in [-0.25, -0.2) is 19.3 Å². The lowest BCUT2D eigenvalue weighted by Gasteiger charge is -2.15. The summed E-state index contributed by atoms with van der Waals surface area (Å²) in [6.45, 7) is 2.53. The molecule has 0 saturated heterocycles. The lowest BCUT2D eigenvalue weighted by molar-refractivity contribution is 0.0605. The van der Waals surface area contributed by atoms with Crippen molar-refractivity contribution in [1.82, 2.24) is 24.1 Å². The number of carbonyl (C=O) groups is 1. The average Bonchev–Trinajstić information content (AvgIpc) is 3.46. The zero-order chi connectivity index (χ0) is 21.1. The van der Waals surface area contributed by atoms with Crippen molar-refractivity contribution in [2.75, 3.05) is 7.11 Å². The second-order valence-corrected chi connectivity index (χ2v) is 9.00. The number of aromatic nitrogens is 5. The van der Waals surface area contributed by atoms with Gasteiger partial charge in [-0.15, -0.1) is 16.4 Å². The predicted octanol–water partition coefficient (Wildman–Crippen LogP) is 4.32. The van der Waals surface area contributed by atoms with Crippen molar-refractivity contribution in [2.24, 2.45) is 0 Å². The van der Waals surface area contributed by atoms with E-state index in [9.17, 15) is 4.79 Å². The third-order valence-corrected chi connectivity index (χ3v) is 7.45. The van der Waals surface area contributed by atoms with Crippen molar-refractivity contribution in [1.29, 1.82) is 0 Å². The molecule has 0 aliphatic heterocycles. The molecule has 5 aromatic rings. The van der Waals surface area contributed by atoms with Crippen molar-refractivity contribution in [3.63, 3.8) is 0 Å². The van der Waals surface area contributed by atoms with E-state index in [2.05, 4.69) is 33.8 Å². The number of nitrogens with zero attached hydrogens (tertiary/aromatic N) is 5. The number of carbonyl (C=O) groups excluding carboxylic acids is 1. The first-order chi connectivity index (χ1) is 15.2. The van der Waals surface area contributed by atoms with Crippen LogP contribution in [-0.2, 0) is 24.1 Å². The molecule has 0 fully saturated rings. The number of thiophene rings is 1. The van der Waals surface area contributed by atoms with Gasteiger partial charge in [-0.05, 0) is 49.8 Å². The van der Waals surface area contributed by atoms with Crippen molar-refractivity contribution in [3.05, 3.63) is 58.1 Å². The fourth-order valence-electron chi connectivity index (χ4n) is 4.84. The van der Waals surface area contributed by atoms with E-state index in [1.54, 1.807) is 10.8 Å². The first-order valence-corrected chi connectivity index (χ1v) is 11.3. The number of fused-ring (bicyclic) bond motifs is 6. The highest BCUT2D eigenvalue weighted by molar-refractivity contribution is 7.20. The summed E-state index contributed by atoms with van der Waals surface area (Å²) in [7, 11) is 1.40. The zero-order valence-corrected chi connectivity index (χ0v) is 18.2.